The molecule has 28 heavy (non-hydrogen) atoms. The van der Waals surface area contributed by atoms with Gasteiger partial charge in [-0.25, -0.2) is 0 Å². The van der Waals surface area contributed by atoms with Crippen LogP contribution in [-0.4, -0.2) is 35.3 Å². The number of carbonyl (C=O) groups excluding carboxylic acids is 2. The highest BCUT2D eigenvalue weighted by Gasteiger charge is 2.26. The van der Waals surface area contributed by atoms with Gasteiger partial charge in [-0.15, -0.1) is 0 Å². The summed E-state index contributed by atoms with van der Waals surface area (Å²) in [5.74, 6) is -0.202. The Kier molecular flexibility index (Phi) is 8.52. The van der Waals surface area contributed by atoms with Crippen LogP contribution in [0, 0.1) is 0 Å². The van der Waals surface area contributed by atoms with E-state index in [4.69, 9.17) is 11.6 Å². The van der Waals surface area contributed by atoms with Crippen molar-refractivity contribution in [3.8, 4) is 0 Å². The standard InChI is InChI=1S/C23H29ClN2O2/c1-4-17(2)25-23(28)18(3)26(14-13-19-9-6-5-7-10-19)22(27)16-20-11-8-12-21(24)15-20/h5-12,15,17-18H,4,13-14,16H2,1-3H3,(H,25,28)/t17-,18-/m0/s1. The molecule has 0 aromatic heterocycles. The first-order valence-electron chi connectivity index (χ1n) is 9.79. The predicted octanol–water partition coefficient (Wildman–Crippen LogP) is 4.26. The van der Waals surface area contributed by atoms with E-state index in [0.717, 1.165) is 17.5 Å². The lowest BCUT2D eigenvalue weighted by Crippen LogP contribution is -2.50. The third kappa shape index (κ3) is 6.68. The van der Waals surface area contributed by atoms with Crippen LogP contribution in [0.15, 0.2) is 54.6 Å². The molecular weight excluding hydrogens is 372 g/mol. The van der Waals surface area contributed by atoms with E-state index < -0.39 is 6.04 Å². The molecule has 2 aromatic rings. The second-order valence-electron chi connectivity index (χ2n) is 7.12. The molecule has 0 saturated carbocycles. The third-order valence-corrected chi connectivity index (χ3v) is 5.13. The van der Waals surface area contributed by atoms with Crippen LogP contribution >= 0.6 is 11.6 Å². The lowest BCUT2D eigenvalue weighted by molar-refractivity contribution is -0.139. The highest BCUT2D eigenvalue weighted by atomic mass is 35.5. The molecule has 0 radical (unpaired) electrons. The van der Waals surface area contributed by atoms with Crippen molar-refractivity contribution < 1.29 is 9.59 Å². The van der Waals surface area contributed by atoms with E-state index in [2.05, 4.69) is 5.32 Å². The first-order chi connectivity index (χ1) is 13.4. The maximum atomic E-state index is 13.0. The molecule has 2 atom stereocenters. The van der Waals surface area contributed by atoms with Gasteiger partial charge in [0.25, 0.3) is 0 Å². The Morgan fingerprint density at radius 1 is 1.04 bits per heavy atom. The number of hydrogen-bond acceptors (Lipinski definition) is 2. The zero-order valence-corrected chi connectivity index (χ0v) is 17.6. The molecule has 0 saturated heterocycles. The second kappa shape index (κ2) is 10.9. The molecule has 0 spiro atoms. The number of benzene rings is 2. The van der Waals surface area contributed by atoms with Crippen LogP contribution in [0.1, 0.15) is 38.3 Å². The molecule has 1 N–H and O–H groups in total. The number of nitrogens with one attached hydrogen (secondary N) is 1. The molecule has 4 nitrogen and oxygen atoms in total. The zero-order valence-electron chi connectivity index (χ0n) is 16.8. The molecule has 2 rings (SSSR count). The summed E-state index contributed by atoms with van der Waals surface area (Å²) in [5, 5.41) is 3.58. The molecule has 2 amide bonds. The van der Waals surface area contributed by atoms with Gasteiger partial charge < -0.3 is 10.2 Å². The average molecular weight is 401 g/mol. The van der Waals surface area contributed by atoms with E-state index in [0.29, 0.717) is 18.0 Å². The Hall–Kier alpha value is -2.33. The summed E-state index contributed by atoms with van der Waals surface area (Å²) in [4.78, 5) is 27.4. The lowest BCUT2D eigenvalue weighted by atomic mass is 10.1. The maximum absolute atomic E-state index is 13.0. The first-order valence-corrected chi connectivity index (χ1v) is 10.2. The van der Waals surface area contributed by atoms with Crippen molar-refractivity contribution in [1.29, 1.82) is 0 Å². The van der Waals surface area contributed by atoms with Gasteiger partial charge in [0.2, 0.25) is 11.8 Å². The molecule has 5 heteroatoms. The fourth-order valence-corrected chi connectivity index (χ4v) is 3.17. The van der Waals surface area contributed by atoms with Crippen molar-refractivity contribution >= 4 is 23.4 Å². The molecule has 2 aromatic carbocycles. The van der Waals surface area contributed by atoms with Gasteiger partial charge in [-0.2, -0.15) is 0 Å². The van der Waals surface area contributed by atoms with Crippen molar-refractivity contribution in [2.75, 3.05) is 6.54 Å². The van der Waals surface area contributed by atoms with Crippen LogP contribution < -0.4 is 5.32 Å². The Bertz CT molecular complexity index is 779. The van der Waals surface area contributed by atoms with Crippen LogP contribution in [-0.2, 0) is 22.4 Å². The van der Waals surface area contributed by atoms with E-state index >= 15 is 0 Å². The van der Waals surface area contributed by atoms with Gasteiger partial charge in [0.1, 0.15) is 6.04 Å². The predicted molar refractivity (Wildman–Crippen MR) is 114 cm³/mol. The van der Waals surface area contributed by atoms with Crippen LogP contribution in [0.4, 0.5) is 0 Å². The van der Waals surface area contributed by atoms with Crippen molar-refractivity contribution in [2.24, 2.45) is 0 Å². The minimum atomic E-state index is -0.538. The van der Waals surface area contributed by atoms with E-state index in [1.54, 1.807) is 24.0 Å². The largest absolute Gasteiger partial charge is 0.352 e. The number of halogens is 1. The van der Waals surface area contributed by atoms with Crippen LogP contribution in [0.2, 0.25) is 5.02 Å². The Balaban J connectivity index is 2.13. The summed E-state index contributed by atoms with van der Waals surface area (Å²) in [6.45, 7) is 6.26. The average Bonchev–Trinajstić information content (AvgIpc) is 2.68. The smallest absolute Gasteiger partial charge is 0.242 e. The minimum absolute atomic E-state index is 0.0777. The SMILES string of the molecule is CC[C@H](C)NC(=O)[C@H](C)N(CCc1ccccc1)C(=O)Cc1cccc(Cl)c1. The second-order valence-corrected chi connectivity index (χ2v) is 7.56. The van der Waals surface area contributed by atoms with Gasteiger partial charge in [0.05, 0.1) is 6.42 Å². The summed E-state index contributed by atoms with van der Waals surface area (Å²) < 4.78 is 0. The summed E-state index contributed by atoms with van der Waals surface area (Å²) >= 11 is 6.05. The van der Waals surface area contributed by atoms with Gasteiger partial charge in [0.15, 0.2) is 0 Å². The van der Waals surface area contributed by atoms with Gasteiger partial charge in [-0.05, 0) is 49.9 Å². The maximum Gasteiger partial charge on any atom is 0.242 e. The molecule has 0 unspecified atom stereocenters. The van der Waals surface area contributed by atoms with Gasteiger partial charge in [-0.1, -0.05) is 61.0 Å². The minimum Gasteiger partial charge on any atom is -0.352 e. The topological polar surface area (TPSA) is 49.4 Å². The summed E-state index contributed by atoms with van der Waals surface area (Å²) in [7, 11) is 0. The molecule has 0 fully saturated rings. The molecule has 0 aliphatic rings. The summed E-state index contributed by atoms with van der Waals surface area (Å²) in [6, 6.07) is 16.8. The highest BCUT2D eigenvalue weighted by molar-refractivity contribution is 6.30. The van der Waals surface area contributed by atoms with E-state index in [1.165, 1.54) is 0 Å². The number of rotatable bonds is 9. The number of amides is 2. The third-order valence-electron chi connectivity index (χ3n) is 4.90. The number of carbonyl (C=O) groups is 2. The summed E-state index contributed by atoms with van der Waals surface area (Å²) in [6.07, 6.45) is 1.76. The zero-order chi connectivity index (χ0) is 20.5. The fraction of sp³-hybridized carbons (Fsp3) is 0.391. The Morgan fingerprint density at radius 3 is 2.36 bits per heavy atom. The van der Waals surface area contributed by atoms with Gasteiger partial charge in [0, 0.05) is 17.6 Å². The molecular formula is C23H29ClN2O2. The molecule has 0 heterocycles. The fourth-order valence-electron chi connectivity index (χ4n) is 2.96. The van der Waals surface area contributed by atoms with Crippen LogP contribution in [0.25, 0.3) is 0 Å². The normalized spacial score (nSPS) is 12.9. The molecule has 0 aliphatic heterocycles. The molecule has 0 aliphatic carbocycles. The number of hydrogen-bond donors (Lipinski definition) is 1. The van der Waals surface area contributed by atoms with Gasteiger partial charge >= 0.3 is 0 Å². The quantitative estimate of drug-likeness (QED) is 0.683. The van der Waals surface area contributed by atoms with Crippen LogP contribution in [0.5, 0.6) is 0 Å². The van der Waals surface area contributed by atoms with E-state index in [1.807, 2.05) is 56.3 Å². The lowest BCUT2D eigenvalue weighted by Gasteiger charge is -2.29. The van der Waals surface area contributed by atoms with E-state index in [9.17, 15) is 9.59 Å². The summed E-state index contributed by atoms with van der Waals surface area (Å²) in [5.41, 5.74) is 1.98. The molecule has 150 valence electrons. The van der Waals surface area contributed by atoms with Crippen molar-refractivity contribution in [2.45, 2.75) is 52.1 Å². The highest BCUT2D eigenvalue weighted by Crippen LogP contribution is 2.14. The first kappa shape index (κ1) is 22.0. The van der Waals surface area contributed by atoms with Crippen LogP contribution in [0.3, 0.4) is 0 Å². The van der Waals surface area contributed by atoms with Crippen molar-refractivity contribution in [3.63, 3.8) is 0 Å². The number of nitrogens with zero attached hydrogens (tertiary/aromatic N) is 1. The molecule has 0 bridgehead atoms. The van der Waals surface area contributed by atoms with Gasteiger partial charge in [-0.3, -0.25) is 9.59 Å². The Labute approximate surface area is 172 Å². The van der Waals surface area contributed by atoms with Crippen molar-refractivity contribution in [3.05, 3.63) is 70.7 Å². The van der Waals surface area contributed by atoms with E-state index in [-0.39, 0.29) is 24.3 Å². The monoisotopic (exact) mass is 400 g/mol. The van der Waals surface area contributed by atoms with Crippen molar-refractivity contribution in [1.82, 2.24) is 10.2 Å². The Morgan fingerprint density at radius 2 is 1.71 bits per heavy atom.